The molecule has 0 fully saturated rings. The van der Waals surface area contributed by atoms with Crippen LogP contribution in [0.1, 0.15) is 5.56 Å². The van der Waals surface area contributed by atoms with Crippen molar-refractivity contribution in [1.82, 2.24) is 0 Å². The fourth-order valence-electron chi connectivity index (χ4n) is 2.16. The van der Waals surface area contributed by atoms with Gasteiger partial charge in [-0.25, -0.2) is 0 Å². The maximum atomic E-state index is 11.0. The van der Waals surface area contributed by atoms with E-state index in [1.165, 1.54) is 0 Å². The van der Waals surface area contributed by atoms with Gasteiger partial charge in [0.05, 0.1) is 7.11 Å². The van der Waals surface area contributed by atoms with E-state index in [1.54, 1.807) is 7.11 Å². The number of aliphatic carboxylic acids is 1. The fraction of sp³-hybridized carbons (Fsp3) is 0.235. The average Bonchev–Trinajstić information content (AvgIpc) is 2.52. The highest BCUT2D eigenvalue weighted by Crippen LogP contribution is 2.15. The molecule has 110 valence electrons. The van der Waals surface area contributed by atoms with Crippen molar-refractivity contribution in [3.8, 4) is 5.75 Å². The van der Waals surface area contributed by atoms with Gasteiger partial charge in [-0.3, -0.25) is 4.79 Å². The van der Waals surface area contributed by atoms with Crippen LogP contribution in [-0.2, 0) is 11.2 Å². The summed E-state index contributed by atoms with van der Waals surface area (Å²) in [6.45, 7) is 0.656. The molecule has 2 aromatic carbocycles. The third kappa shape index (κ3) is 4.53. The molecule has 1 N–H and O–H groups in total. The van der Waals surface area contributed by atoms with Crippen molar-refractivity contribution in [3.63, 3.8) is 0 Å². The Balaban J connectivity index is 2.03. The molecular formula is C17H19NO3. The SMILES string of the molecule is COc1ccc(CCN(CC(=O)O)c2ccccc2)cc1. The van der Waals surface area contributed by atoms with Crippen molar-refractivity contribution in [2.75, 3.05) is 25.1 Å². The number of hydrogen-bond acceptors (Lipinski definition) is 3. The van der Waals surface area contributed by atoms with E-state index in [0.717, 1.165) is 23.4 Å². The van der Waals surface area contributed by atoms with Crippen LogP contribution in [0.15, 0.2) is 54.6 Å². The summed E-state index contributed by atoms with van der Waals surface area (Å²) >= 11 is 0. The molecule has 0 saturated carbocycles. The second-order valence-electron chi connectivity index (χ2n) is 4.75. The number of para-hydroxylation sites is 1. The van der Waals surface area contributed by atoms with Crippen LogP contribution in [0, 0.1) is 0 Å². The Morgan fingerprint density at radius 1 is 1.10 bits per heavy atom. The van der Waals surface area contributed by atoms with E-state index in [-0.39, 0.29) is 6.54 Å². The number of carbonyl (C=O) groups is 1. The summed E-state index contributed by atoms with van der Waals surface area (Å²) in [4.78, 5) is 12.9. The molecule has 0 heterocycles. The Morgan fingerprint density at radius 3 is 2.33 bits per heavy atom. The van der Waals surface area contributed by atoms with Crippen LogP contribution in [0.5, 0.6) is 5.75 Å². The topological polar surface area (TPSA) is 49.8 Å². The van der Waals surface area contributed by atoms with Crippen molar-refractivity contribution >= 4 is 11.7 Å². The normalized spacial score (nSPS) is 10.1. The zero-order valence-corrected chi connectivity index (χ0v) is 12.0. The molecule has 4 heteroatoms. The Hall–Kier alpha value is -2.49. The van der Waals surface area contributed by atoms with Gasteiger partial charge in [-0.15, -0.1) is 0 Å². The van der Waals surface area contributed by atoms with E-state index in [0.29, 0.717) is 6.54 Å². The molecule has 0 aromatic heterocycles. The van der Waals surface area contributed by atoms with E-state index in [4.69, 9.17) is 9.84 Å². The lowest BCUT2D eigenvalue weighted by atomic mass is 10.1. The van der Waals surface area contributed by atoms with Crippen LogP contribution in [0.25, 0.3) is 0 Å². The summed E-state index contributed by atoms with van der Waals surface area (Å²) in [6, 6.07) is 17.4. The van der Waals surface area contributed by atoms with Gasteiger partial charge in [0, 0.05) is 12.2 Å². The van der Waals surface area contributed by atoms with E-state index < -0.39 is 5.97 Å². The van der Waals surface area contributed by atoms with Crippen molar-refractivity contribution in [3.05, 3.63) is 60.2 Å². The van der Waals surface area contributed by atoms with Gasteiger partial charge in [-0.1, -0.05) is 30.3 Å². The molecule has 2 aromatic rings. The highest BCUT2D eigenvalue weighted by atomic mass is 16.5. The third-order valence-corrected chi connectivity index (χ3v) is 3.28. The van der Waals surface area contributed by atoms with Crippen LogP contribution >= 0.6 is 0 Å². The number of rotatable bonds is 7. The first-order chi connectivity index (χ1) is 10.2. The standard InChI is InChI=1S/C17H19NO3/c1-21-16-9-7-14(8-10-16)11-12-18(13-17(19)20)15-5-3-2-4-6-15/h2-10H,11-13H2,1H3,(H,19,20). The summed E-state index contributed by atoms with van der Waals surface area (Å²) in [5.74, 6) is -0.00205. The number of hydrogen-bond donors (Lipinski definition) is 1. The van der Waals surface area contributed by atoms with Crippen molar-refractivity contribution in [1.29, 1.82) is 0 Å². The summed E-state index contributed by atoms with van der Waals surface area (Å²) in [5.41, 5.74) is 2.08. The molecule has 21 heavy (non-hydrogen) atoms. The van der Waals surface area contributed by atoms with Gasteiger partial charge in [0.25, 0.3) is 0 Å². The van der Waals surface area contributed by atoms with Crippen LogP contribution in [0.2, 0.25) is 0 Å². The Kier molecular flexibility index (Phi) is 5.21. The summed E-state index contributed by atoms with van der Waals surface area (Å²) in [7, 11) is 1.64. The maximum absolute atomic E-state index is 11.0. The average molecular weight is 285 g/mol. The lowest BCUT2D eigenvalue weighted by molar-refractivity contribution is -0.135. The first-order valence-electron chi connectivity index (χ1n) is 6.84. The molecule has 0 aliphatic rings. The van der Waals surface area contributed by atoms with Gasteiger partial charge in [0.1, 0.15) is 12.3 Å². The lowest BCUT2D eigenvalue weighted by Gasteiger charge is -2.22. The molecule has 2 rings (SSSR count). The van der Waals surface area contributed by atoms with Gasteiger partial charge < -0.3 is 14.7 Å². The monoisotopic (exact) mass is 285 g/mol. The maximum Gasteiger partial charge on any atom is 0.323 e. The number of ether oxygens (including phenoxy) is 1. The minimum absolute atomic E-state index is 0.000167. The lowest BCUT2D eigenvalue weighted by Crippen LogP contribution is -2.31. The zero-order valence-electron chi connectivity index (χ0n) is 12.0. The van der Waals surface area contributed by atoms with Crippen LogP contribution in [0.4, 0.5) is 5.69 Å². The van der Waals surface area contributed by atoms with Crippen LogP contribution in [-0.4, -0.2) is 31.3 Å². The van der Waals surface area contributed by atoms with Gasteiger partial charge in [0.15, 0.2) is 0 Å². The number of carboxylic acid groups (broad SMARTS) is 1. The molecule has 0 spiro atoms. The Morgan fingerprint density at radius 2 is 1.76 bits per heavy atom. The minimum Gasteiger partial charge on any atom is -0.497 e. The molecular weight excluding hydrogens is 266 g/mol. The number of benzene rings is 2. The third-order valence-electron chi connectivity index (χ3n) is 3.28. The number of nitrogens with zero attached hydrogens (tertiary/aromatic N) is 1. The number of anilines is 1. The molecule has 0 amide bonds. The molecule has 0 aliphatic heterocycles. The fourth-order valence-corrected chi connectivity index (χ4v) is 2.16. The van der Waals surface area contributed by atoms with Gasteiger partial charge in [-0.05, 0) is 36.2 Å². The quantitative estimate of drug-likeness (QED) is 0.850. The molecule has 0 unspecified atom stereocenters. The van der Waals surface area contributed by atoms with E-state index in [2.05, 4.69) is 0 Å². The molecule has 0 atom stereocenters. The van der Waals surface area contributed by atoms with Crippen molar-refractivity contribution in [2.45, 2.75) is 6.42 Å². The Bertz CT molecular complexity index is 566. The second kappa shape index (κ2) is 7.33. The smallest absolute Gasteiger partial charge is 0.323 e. The van der Waals surface area contributed by atoms with Crippen molar-refractivity contribution < 1.29 is 14.6 Å². The van der Waals surface area contributed by atoms with E-state index >= 15 is 0 Å². The van der Waals surface area contributed by atoms with Crippen LogP contribution in [0.3, 0.4) is 0 Å². The van der Waals surface area contributed by atoms with E-state index in [9.17, 15) is 4.79 Å². The predicted molar refractivity (Wildman–Crippen MR) is 83.0 cm³/mol. The predicted octanol–water partition coefficient (Wildman–Crippen LogP) is 2.83. The highest BCUT2D eigenvalue weighted by molar-refractivity contribution is 5.73. The van der Waals surface area contributed by atoms with Gasteiger partial charge in [0.2, 0.25) is 0 Å². The largest absolute Gasteiger partial charge is 0.497 e. The first-order valence-corrected chi connectivity index (χ1v) is 6.84. The Labute approximate surface area is 124 Å². The summed E-state index contributed by atoms with van der Waals surface area (Å²) in [5, 5.41) is 9.05. The molecule has 0 aliphatic carbocycles. The first kappa shape index (κ1) is 14.9. The minimum atomic E-state index is -0.825. The number of methoxy groups -OCH3 is 1. The second-order valence-corrected chi connectivity index (χ2v) is 4.75. The molecule has 0 saturated heterocycles. The molecule has 4 nitrogen and oxygen atoms in total. The van der Waals surface area contributed by atoms with Gasteiger partial charge >= 0.3 is 5.97 Å². The highest BCUT2D eigenvalue weighted by Gasteiger charge is 2.10. The molecule has 0 radical (unpaired) electrons. The summed E-state index contributed by atoms with van der Waals surface area (Å²) in [6.07, 6.45) is 0.784. The van der Waals surface area contributed by atoms with Crippen molar-refractivity contribution in [2.24, 2.45) is 0 Å². The van der Waals surface area contributed by atoms with Gasteiger partial charge in [-0.2, -0.15) is 0 Å². The van der Waals surface area contributed by atoms with E-state index in [1.807, 2.05) is 59.5 Å². The molecule has 0 bridgehead atoms. The summed E-state index contributed by atoms with van der Waals surface area (Å²) < 4.78 is 5.13. The zero-order chi connectivity index (χ0) is 15.1. The number of carboxylic acids is 1. The van der Waals surface area contributed by atoms with Crippen LogP contribution < -0.4 is 9.64 Å².